The number of fused-ring (bicyclic) bond motifs is 2. The first-order valence-corrected chi connectivity index (χ1v) is 11.8. The summed E-state index contributed by atoms with van der Waals surface area (Å²) in [6.45, 7) is 1.60. The Morgan fingerprint density at radius 3 is 2.42 bits per heavy atom. The lowest BCUT2D eigenvalue weighted by atomic mass is 9.66. The number of carbonyl (C=O) groups is 1. The molecule has 4 fully saturated rings. The molecule has 5 rings (SSSR count). The van der Waals surface area contributed by atoms with Gasteiger partial charge in [-0.25, -0.2) is 14.4 Å². The van der Waals surface area contributed by atoms with Crippen LogP contribution in [0.25, 0.3) is 0 Å². The molecule has 8 heteroatoms. The normalized spacial score (nSPS) is 36.8. The topological polar surface area (TPSA) is 93.4 Å². The van der Waals surface area contributed by atoms with Gasteiger partial charge in [-0.05, 0) is 68.6 Å². The number of carbonyl (C=O) groups excluding carboxylic acids is 1. The smallest absolute Gasteiger partial charge is 0.225 e. The Hall–Kier alpha value is -1.80. The second kappa shape index (κ2) is 8.62. The van der Waals surface area contributed by atoms with E-state index in [4.69, 9.17) is 10.5 Å². The van der Waals surface area contributed by atoms with Crippen LogP contribution < -0.4 is 16.0 Å². The van der Waals surface area contributed by atoms with Crippen LogP contribution in [0.5, 0.6) is 0 Å². The number of piperidine rings is 3. The number of hydrogen-bond acceptors (Lipinski definition) is 6. The van der Waals surface area contributed by atoms with Gasteiger partial charge in [-0.1, -0.05) is 0 Å². The molecule has 4 aliphatic rings. The number of nitrogens with two attached hydrogens (primary N) is 1. The zero-order valence-corrected chi connectivity index (χ0v) is 18.3. The molecule has 3 N–H and O–H groups in total. The van der Waals surface area contributed by atoms with Gasteiger partial charge in [0, 0.05) is 38.2 Å². The number of nitrogens with one attached hydrogen (secondary N) is 1. The predicted octanol–water partition coefficient (Wildman–Crippen LogP) is 2.12. The largest absolute Gasteiger partial charge is 0.379 e. The zero-order chi connectivity index (χ0) is 21.5. The number of amides is 1. The molecule has 2 bridgehead atoms. The molecule has 3 aliphatic heterocycles. The standard InChI is InChI=1S/C23H34FN5O2/c1-31-20-12-29(23-26-10-16(24)11-27-23)5-4-19(20)14-6-17-8-15(9-18(7-14)28-17)21(22(25)30)13-2-3-13/h10-11,13-15,17-21,28H,2-9,12H2,1H3,(H2,25,30)/t14?,15?,17-,18-,19+,20+,21-/m0/s1. The molecule has 1 aromatic rings. The first-order chi connectivity index (χ1) is 15.0. The Morgan fingerprint density at radius 1 is 1.16 bits per heavy atom. The number of aromatic nitrogens is 2. The molecule has 170 valence electrons. The van der Waals surface area contributed by atoms with E-state index in [9.17, 15) is 9.18 Å². The van der Waals surface area contributed by atoms with Crippen molar-refractivity contribution in [3.63, 3.8) is 0 Å². The van der Waals surface area contributed by atoms with E-state index in [2.05, 4.69) is 20.2 Å². The second-order valence-electron chi connectivity index (χ2n) is 10.2. The van der Waals surface area contributed by atoms with Crippen molar-refractivity contribution in [2.24, 2.45) is 35.3 Å². The van der Waals surface area contributed by atoms with Gasteiger partial charge in [-0.15, -0.1) is 0 Å². The van der Waals surface area contributed by atoms with Gasteiger partial charge in [0.05, 0.1) is 18.5 Å². The van der Waals surface area contributed by atoms with Gasteiger partial charge in [0.15, 0.2) is 5.82 Å². The number of primary amides is 1. The summed E-state index contributed by atoms with van der Waals surface area (Å²) in [7, 11) is 1.79. The van der Waals surface area contributed by atoms with E-state index in [1.54, 1.807) is 7.11 Å². The highest BCUT2D eigenvalue weighted by molar-refractivity contribution is 5.77. The van der Waals surface area contributed by atoms with Crippen LogP contribution in [-0.4, -0.2) is 54.3 Å². The van der Waals surface area contributed by atoms with Crippen LogP contribution in [0.3, 0.4) is 0 Å². The number of hydrogen-bond donors (Lipinski definition) is 2. The molecule has 31 heavy (non-hydrogen) atoms. The van der Waals surface area contributed by atoms with Crippen molar-refractivity contribution in [3.8, 4) is 0 Å². The van der Waals surface area contributed by atoms with Crippen molar-refractivity contribution in [1.29, 1.82) is 0 Å². The highest BCUT2D eigenvalue weighted by atomic mass is 19.1. The fraction of sp³-hybridized carbons (Fsp3) is 0.783. The van der Waals surface area contributed by atoms with E-state index >= 15 is 0 Å². The summed E-state index contributed by atoms with van der Waals surface area (Å²) in [4.78, 5) is 22.5. The summed E-state index contributed by atoms with van der Waals surface area (Å²) in [5.41, 5.74) is 5.80. The summed E-state index contributed by atoms with van der Waals surface area (Å²) in [5.74, 6) is 2.25. The van der Waals surface area contributed by atoms with Crippen molar-refractivity contribution in [1.82, 2.24) is 15.3 Å². The minimum absolute atomic E-state index is 0.0781. The monoisotopic (exact) mass is 431 g/mol. The molecule has 3 saturated heterocycles. The third kappa shape index (κ3) is 4.42. The zero-order valence-electron chi connectivity index (χ0n) is 18.3. The average Bonchev–Trinajstić information content (AvgIpc) is 3.58. The molecular formula is C23H34FN5O2. The molecule has 1 amide bonds. The minimum atomic E-state index is -0.415. The molecule has 1 saturated carbocycles. The van der Waals surface area contributed by atoms with Gasteiger partial charge in [0.1, 0.15) is 0 Å². The van der Waals surface area contributed by atoms with E-state index in [0.717, 1.165) is 45.2 Å². The number of rotatable bonds is 6. The summed E-state index contributed by atoms with van der Waals surface area (Å²) in [6, 6.07) is 0.943. The number of anilines is 1. The number of halogens is 1. The lowest BCUT2D eigenvalue weighted by Crippen LogP contribution is -2.56. The minimum Gasteiger partial charge on any atom is -0.379 e. The van der Waals surface area contributed by atoms with Gasteiger partial charge in [0.25, 0.3) is 0 Å². The van der Waals surface area contributed by atoms with Crippen molar-refractivity contribution in [3.05, 3.63) is 18.2 Å². The van der Waals surface area contributed by atoms with Crippen LogP contribution in [0, 0.1) is 35.4 Å². The molecule has 1 aliphatic carbocycles. The Balaban J connectivity index is 1.23. The Morgan fingerprint density at radius 2 is 1.84 bits per heavy atom. The summed E-state index contributed by atoms with van der Waals surface area (Å²) < 4.78 is 19.1. The Kier molecular flexibility index (Phi) is 5.86. The number of ether oxygens (including phenoxy) is 1. The first-order valence-electron chi connectivity index (χ1n) is 11.8. The SMILES string of the molecule is CO[C@@H]1CN(c2ncc(F)cn2)CC[C@@H]1C1C[C@H]2CC([C@@H](C(N)=O)C3CC3)C[C@H](C1)N2. The third-order valence-electron chi connectivity index (χ3n) is 8.19. The predicted molar refractivity (Wildman–Crippen MR) is 115 cm³/mol. The van der Waals surface area contributed by atoms with E-state index < -0.39 is 5.82 Å². The Labute approximate surface area is 183 Å². The molecule has 0 radical (unpaired) electrons. The quantitative estimate of drug-likeness (QED) is 0.717. The summed E-state index contributed by atoms with van der Waals surface area (Å²) in [6.07, 6.45) is 10.3. The molecular weight excluding hydrogens is 397 g/mol. The molecule has 0 unspecified atom stereocenters. The average molecular weight is 432 g/mol. The van der Waals surface area contributed by atoms with Gasteiger partial charge in [-0.2, -0.15) is 0 Å². The van der Waals surface area contributed by atoms with Crippen molar-refractivity contribution >= 4 is 11.9 Å². The molecule has 4 heterocycles. The van der Waals surface area contributed by atoms with Gasteiger partial charge in [0.2, 0.25) is 11.9 Å². The van der Waals surface area contributed by atoms with E-state index in [1.807, 2.05) is 0 Å². The van der Waals surface area contributed by atoms with Crippen molar-refractivity contribution < 1.29 is 13.9 Å². The maximum atomic E-state index is 13.2. The molecule has 1 aromatic heterocycles. The second-order valence-corrected chi connectivity index (χ2v) is 10.2. The fourth-order valence-corrected chi connectivity index (χ4v) is 6.77. The lowest BCUT2D eigenvalue weighted by molar-refractivity contribution is -0.125. The molecule has 5 atom stereocenters. The van der Waals surface area contributed by atoms with Crippen LogP contribution in [0.4, 0.5) is 10.3 Å². The van der Waals surface area contributed by atoms with Crippen LogP contribution in [0.15, 0.2) is 12.4 Å². The summed E-state index contributed by atoms with van der Waals surface area (Å²) >= 11 is 0. The highest BCUT2D eigenvalue weighted by Crippen LogP contribution is 2.47. The number of methoxy groups -OCH3 is 1. The molecule has 7 nitrogen and oxygen atoms in total. The fourth-order valence-electron chi connectivity index (χ4n) is 6.77. The molecule has 0 spiro atoms. The maximum absolute atomic E-state index is 13.2. The van der Waals surface area contributed by atoms with Crippen LogP contribution >= 0.6 is 0 Å². The highest BCUT2D eigenvalue weighted by Gasteiger charge is 2.47. The van der Waals surface area contributed by atoms with E-state index in [1.165, 1.54) is 25.2 Å². The van der Waals surface area contributed by atoms with E-state index in [-0.39, 0.29) is 17.9 Å². The van der Waals surface area contributed by atoms with Crippen LogP contribution in [0.1, 0.15) is 44.9 Å². The van der Waals surface area contributed by atoms with Crippen molar-refractivity contribution in [2.45, 2.75) is 63.1 Å². The van der Waals surface area contributed by atoms with Crippen LogP contribution in [0.2, 0.25) is 0 Å². The summed E-state index contributed by atoms with van der Waals surface area (Å²) in [5, 5.41) is 3.82. The first kappa shape index (κ1) is 21.1. The lowest BCUT2D eigenvalue weighted by Gasteiger charge is -2.49. The molecule has 0 aromatic carbocycles. The number of nitrogens with zero attached hydrogens (tertiary/aromatic N) is 3. The van der Waals surface area contributed by atoms with Gasteiger partial charge < -0.3 is 20.7 Å². The van der Waals surface area contributed by atoms with Gasteiger partial charge in [-0.3, -0.25) is 4.79 Å². The van der Waals surface area contributed by atoms with E-state index in [0.29, 0.717) is 41.7 Å². The Bertz CT molecular complexity index is 775. The third-order valence-corrected chi connectivity index (χ3v) is 8.19. The maximum Gasteiger partial charge on any atom is 0.225 e. The van der Waals surface area contributed by atoms with Crippen molar-refractivity contribution in [2.75, 3.05) is 25.1 Å². The van der Waals surface area contributed by atoms with Gasteiger partial charge >= 0.3 is 0 Å². The van der Waals surface area contributed by atoms with Crippen LogP contribution in [-0.2, 0) is 9.53 Å².